The first kappa shape index (κ1) is 13.7. The van der Waals surface area contributed by atoms with Crippen molar-refractivity contribution in [3.05, 3.63) is 63.6 Å². The fourth-order valence-corrected chi connectivity index (χ4v) is 2.17. The lowest BCUT2D eigenvalue weighted by atomic mass is 10.1. The van der Waals surface area contributed by atoms with E-state index >= 15 is 0 Å². The SMILES string of the molecule is CC(Nc1cccc(Cl)c1C#N)c1ccc(Cl)cc1. The first-order valence-electron chi connectivity index (χ1n) is 5.82. The highest BCUT2D eigenvalue weighted by Gasteiger charge is 2.10. The van der Waals surface area contributed by atoms with Crippen LogP contribution in [0.1, 0.15) is 24.1 Å². The molecule has 1 N–H and O–H groups in total. The van der Waals surface area contributed by atoms with Crippen molar-refractivity contribution < 1.29 is 0 Å². The molecule has 0 fully saturated rings. The van der Waals surface area contributed by atoms with Crippen molar-refractivity contribution in [2.24, 2.45) is 0 Å². The second-order valence-electron chi connectivity index (χ2n) is 4.19. The smallest absolute Gasteiger partial charge is 0.103 e. The Balaban J connectivity index is 2.24. The van der Waals surface area contributed by atoms with Crippen LogP contribution in [-0.2, 0) is 0 Å². The minimum Gasteiger partial charge on any atom is -0.377 e. The monoisotopic (exact) mass is 290 g/mol. The molecule has 1 unspecified atom stereocenters. The molecule has 4 heteroatoms. The zero-order valence-electron chi connectivity index (χ0n) is 10.3. The number of nitriles is 1. The van der Waals surface area contributed by atoms with Crippen molar-refractivity contribution in [2.45, 2.75) is 13.0 Å². The minimum atomic E-state index is 0.0582. The van der Waals surface area contributed by atoms with Gasteiger partial charge in [0, 0.05) is 11.1 Å². The Hall–Kier alpha value is -1.69. The Bertz CT molecular complexity index is 615. The maximum absolute atomic E-state index is 9.13. The van der Waals surface area contributed by atoms with Gasteiger partial charge in [0.05, 0.1) is 16.3 Å². The number of hydrogen-bond acceptors (Lipinski definition) is 2. The molecule has 0 aliphatic rings. The Morgan fingerprint density at radius 2 is 1.79 bits per heavy atom. The first-order chi connectivity index (χ1) is 9.11. The molecule has 0 spiro atoms. The highest BCUT2D eigenvalue weighted by atomic mass is 35.5. The normalized spacial score (nSPS) is 11.7. The first-order valence-corrected chi connectivity index (χ1v) is 6.58. The van der Waals surface area contributed by atoms with Crippen LogP contribution in [0.25, 0.3) is 0 Å². The highest BCUT2D eigenvalue weighted by Crippen LogP contribution is 2.27. The van der Waals surface area contributed by atoms with E-state index in [0.717, 1.165) is 11.3 Å². The zero-order valence-corrected chi connectivity index (χ0v) is 11.8. The predicted octanol–water partition coefficient (Wildman–Crippen LogP) is 5.04. The van der Waals surface area contributed by atoms with Gasteiger partial charge in [-0.25, -0.2) is 0 Å². The summed E-state index contributed by atoms with van der Waals surface area (Å²) in [6.45, 7) is 2.02. The third-order valence-corrected chi connectivity index (χ3v) is 3.43. The van der Waals surface area contributed by atoms with Crippen LogP contribution in [0.5, 0.6) is 0 Å². The lowest BCUT2D eigenvalue weighted by Gasteiger charge is -2.17. The molecule has 19 heavy (non-hydrogen) atoms. The predicted molar refractivity (Wildman–Crippen MR) is 79.7 cm³/mol. The summed E-state index contributed by atoms with van der Waals surface area (Å²) in [5.41, 5.74) is 2.29. The second kappa shape index (κ2) is 5.97. The van der Waals surface area contributed by atoms with Crippen LogP contribution in [0.4, 0.5) is 5.69 Å². The summed E-state index contributed by atoms with van der Waals surface area (Å²) in [7, 11) is 0. The average Bonchev–Trinajstić information content (AvgIpc) is 2.39. The van der Waals surface area contributed by atoms with Crippen LogP contribution in [0.3, 0.4) is 0 Å². The molecule has 0 aliphatic carbocycles. The van der Waals surface area contributed by atoms with Crippen LogP contribution < -0.4 is 5.32 Å². The molecule has 2 nitrogen and oxygen atoms in total. The summed E-state index contributed by atoms with van der Waals surface area (Å²) in [6.07, 6.45) is 0. The van der Waals surface area contributed by atoms with Gasteiger partial charge < -0.3 is 5.32 Å². The van der Waals surface area contributed by atoms with E-state index in [2.05, 4.69) is 11.4 Å². The number of benzene rings is 2. The Morgan fingerprint density at radius 3 is 2.42 bits per heavy atom. The molecule has 0 saturated heterocycles. The van der Waals surface area contributed by atoms with Gasteiger partial charge in [-0.1, -0.05) is 41.4 Å². The van der Waals surface area contributed by atoms with E-state index in [4.69, 9.17) is 28.5 Å². The lowest BCUT2D eigenvalue weighted by Crippen LogP contribution is -2.07. The number of hydrogen-bond donors (Lipinski definition) is 1. The fourth-order valence-electron chi connectivity index (χ4n) is 1.83. The summed E-state index contributed by atoms with van der Waals surface area (Å²) in [4.78, 5) is 0. The molecule has 0 bridgehead atoms. The average molecular weight is 291 g/mol. The molecule has 0 saturated carbocycles. The fraction of sp³-hybridized carbons (Fsp3) is 0.133. The molecule has 2 rings (SSSR count). The third-order valence-electron chi connectivity index (χ3n) is 2.87. The van der Waals surface area contributed by atoms with Crippen LogP contribution >= 0.6 is 23.2 Å². The molecule has 0 aliphatic heterocycles. The van der Waals surface area contributed by atoms with Crippen LogP contribution in [0.15, 0.2) is 42.5 Å². The summed E-state index contributed by atoms with van der Waals surface area (Å²) in [5.74, 6) is 0. The van der Waals surface area contributed by atoms with Gasteiger partial charge in [0.1, 0.15) is 6.07 Å². The topological polar surface area (TPSA) is 35.8 Å². The van der Waals surface area contributed by atoms with E-state index in [1.165, 1.54) is 0 Å². The second-order valence-corrected chi connectivity index (χ2v) is 5.04. The van der Waals surface area contributed by atoms with Gasteiger partial charge in [-0.15, -0.1) is 0 Å². The van der Waals surface area contributed by atoms with Crippen molar-refractivity contribution in [1.29, 1.82) is 5.26 Å². The molecule has 2 aromatic carbocycles. The van der Waals surface area contributed by atoms with Crippen LogP contribution in [0.2, 0.25) is 10.0 Å². The van der Waals surface area contributed by atoms with Gasteiger partial charge in [-0.05, 0) is 36.8 Å². The minimum absolute atomic E-state index is 0.0582. The molecule has 2 aromatic rings. The number of halogens is 2. The molecule has 1 atom stereocenters. The van der Waals surface area contributed by atoms with Gasteiger partial charge in [-0.3, -0.25) is 0 Å². The van der Waals surface area contributed by atoms with Gasteiger partial charge >= 0.3 is 0 Å². The summed E-state index contributed by atoms with van der Waals surface area (Å²) in [5, 5.41) is 13.6. The van der Waals surface area contributed by atoms with Gasteiger partial charge in [0.15, 0.2) is 0 Å². The van der Waals surface area contributed by atoms with Gasteiger partial charge in [-0.2, -0.15) is 5.26 Å². The van der Waals surface area contributed by atoms with E-state index in [0.29, 0.717) is 15.6 Å². The quantitative estimate of drug-likeness (QED) is 0.860. The largest absolute Gasteiger partial charge is 0.377 e. The molecule has 0 amide bonds. The number of nitrogens with one attached hydrogen (secondary N) is 1. The van der Waals surface area contributed by atoms with Crippen molar-refractivity contribution in [1.82, 2.24) is 0 Å². The van der Waals surface area contributed by atoms with E-state index in [9.17, 15) is 0 Å². The van der Waals surface area contributed by atoms with Gasteiger partial charge in [0.2, 0.25) is 0 Å². The van der Waals surface area contributed by atoms with Crippen molar-refractivity contribution in [3.8, 4) is 6.07 Å². The van der Waals surface area contributed by atoms with Gasteiger partial charge in [0.25, 0.3) is 0 Å². The Labute approximate surface area is 122 Å². The van der Waals surface area contributed by atoms with Crippen molar-refractivity contribution in [2.75, 3.05) is 5.32 Å². The van der Waals surface area contributed by atoms with Crippen LogP contribution in [0, 0.1) is 11.3 Å². The van der Waals surface area contributed by atoms with E-state index in [1.807, 2.05) is 43.3 Å². The molecule has 0 radical (unpaired) electrons. The number of anilines is 1. The maximum Gasteiger partial charge on any atom is 0.103 e. The molecular formula is C15H12Cl2N2. The standard InChI is InChI=1S/C15H12Cl2N2/c1-10(11-5-7-12(16)8-6-11)19-15-4-2-3-14(17)13(15)9-18/h2-8,10,19H,1H3. The van der Waals surface area contributed by atoms with E-state index in [-0.39, 0.29) is 6.04 Å². The summed E-state index contributed by atoms with van der Waals surface area (Å²) < 4.78 is 0. The number of nitrogens with zero attached hydrogens (tertiary/aromatic N) is 1. The lowest BCUT2D eigenvalue weighted by molar-refractivity contribution is 0.884. The summed E-state index contributed by atoms with van der Waals surface area (Å²) in [6, 6.07) is 15.1. The third kappa shape index (κ3) is 3.20. The number of rotatable bonds is 3. The van der Waals surface area contributed by atoms with Crippen LogP contribution in [-0.4, -0.2) is 0 Å². The summed E-state index contributed by atoms with van der Waals surface area (Å²) >= 11 is 11.9. The molecular weight excluding hydrogens is 279 g/mol. The van der Waals surface area contributed by atoms with E-state index < -0.39 is 0 Å². The Morgan fingerprint density at radius 1 is 1.11 bits per heavy atom. The van der Waals surface area contributed by atoms with Crippen molar-refractivity contribution >= 4 is 28.9 Å². The maximum atomic E-state index is 9.13. The Kier molecular flexibility index (Phi) is 4.31. The van der Waals surface area contributed by atoms with E-state index in [1.54, 1.807) is 6.07 Å². The molecule has 0 aromatic heterocycles. The molecule has 96 valence electrons. The van der Waals surface area contributed by atoms with Crippen molar-refractivity contribution in [3.63, 3.8) is 0 Å². The molecule has 0 heterocycles. The highest BCUT2D eigenvalue weighted by molar-refractivity contribution is 6.32. The zero-order chi connectivity index (χ0) is 13.8.